The summed E-state index contributed by atoms with van der Waals surface area (Å²) in [4.78, 5) is 22.8. The fraction of sp³-hybridized carbons (Fsp3) is 0.333. The summed E-state index contributed by atoms with van der Waals surface area (Å²) in [5.74, 6) is -3.01. The molecule has 0 aromatic heterocycles. The Kier molecular flexibility index (Phi) is 4.76. The molecule has 0 aliphatic heterocycles. The highest BCUT2D eigenvalue weighted by Crippen LogP contribution is 2.15. The normalized spacial score (nSPS) is 10.2. The van der Waals surface area contributed by atoms with E-state index in [-0.39, 0.29) is 25.1 Å². The number of nitrogens with zero attached hydrogens (tertiary/aromatic N) is 1. The summed E-state index contributed by atoms with van der Waals surface area (Å²) < 4.78 is 26.8. The van der Waals surface area contributed by atoms with Crippen molar-refractivity contribution in [1.29, 1.82) is 0 Å². The molecule has 0 saturated carbocycles. The van der Waals surface area contributed by atoms with Crippen LogP contribution in [0.2, 0.25) is 0 Å². The Labute approximate surface area is 103 Å². The Hall–Kier alpha value is -1.98. The first-order valence-electron chi connectivity index (χ1n) is 5.32. The van der Waals surface area contributed by atoms with Crippen molar-refractivity contribution in [3.05, 3.63) is 35.4 Å². The predicted octanol–water partition coefficient (Wildman–Crippen LogP) is 1.79. The van der Waals surface area contributed by atoms with Crippen LogP contribution in [-0.4, -0.2) is 28.4 Å². The van der Waals surface area contributed by atoms with E-state index in [2.05, 4.69) is 0 Å². The van der Waals surface area contributed by atoms with Crippen molar-refractivity contribution < 1.29 is 23.5 Å². The zero-order chi connectivity index (χ0) is 13.7. The summed E-state index contributed by atoms with van der Waals surface area (Å²) in [6.45, 7) is 0.861. The Bertz CT molecular complexity index is 442. The van der Waals surface area contributed by atoms with Crippen LogP contribution in [0.1, 0.15) is 18.9 Å². The SMILES string of the molecule is CC(=O)N(CCC(=O)O)Cc1c(F)cccc1F. The molecule has 0 spiro atoms. The first-order valence-corrected chi connectivity index (χ1v) is 5.32. The van der Waals surface area contributed by atoms with E-state index < -0.39 is 23.5 Å². The summed E-state index contributed by atoms with van der Waals surface area (Å²) in [6, 6.07) is 3.41. The number of carboxylic acids is 1. The van der Waals surface area contributed by atoms with Crippen LogP contribution in [0.5, 0.6) is 0 Å². The maximum atomic E-state index is 13.4. The number of halogens is 2. The van der Waals surface area contributed by atoms with Gasteiger partial charge in [0.15, 0.2) is 0 Å². The van der Waals surface area contributed by atoms with Crippen molar-refractivity contribution in [3.63, 3.8) is 0 Å². The molecule has 0 fully saturated rings. The van der Waals surface area contributed by atoms with E-state index in [1.165, 1.54) is 13.0 Å². The first kappa shape index (κ1) is 14.1. The van der Waals surface area contributed by atoms with E-state index in [0.717, 1.165) is 17.0 Å². The van der Waals surface area contributed by atoms with Crippen LogP contribution in [0.15, 0.2) is 18.2 Å². The number of benzene rings is 1. The minimum absolute atomic E-state index is 0.0849. The van der Waals surface area contributed by atoms with E-state index in [9.17, 15) is 18.4 Å². The smallest absolute Gasteiger partial charge is 0.305 e. The van der Waals surface area contributed by atoms with Crippen molar-refractivity contribution in [2.75, 3.05) is 6.54 Å². The van der Waals surface area contributed by atoms with E-state index in [4.69, 9.17) is 5.11 Å². The van der Waals surface area contributed by atoms with Gasteiger partial charge in [-0.2, -0.15) is 0 Å². The van der Waals surface area contributed by atoms with Crippen LogP contribution < -0.4 is 0 Å². The van der Waals surface area contributed by atoms with Gasteiger partial charge >= 0.3 is 5.97 Å². The molecule has 0 atom stereocenters. The lowest BCUT2D eigenvalue weighted by Gasteiger charge is -2.20. The number of carboxylic acid groups (broad SMARTS) is 1. The summed E-state index contributed by atoms with van der Waals surface area (Å²) in [7, 11) is 0. The Balaban J connectivity index is 2.83. The standard InChI is InChI=1S/C12H13F2NO3/c1-8(16)15(6-5-12(17)18)7-9-10(13)3-2-4-11(9)14/h2-4H,5-7H2,1H3,(H,17,18). The predicted molar refractivity (Wildman–Crippen MR) is 59.7 cm³/mol. The van der Waals surface area contributed by atoms with Gasteiger partial charge in [0.25, 0.3) is 0 Å². The molecule has 6 heteroatoms. The third kappa shape index (κ3) is 3.80. The molecular formula is C12H13F2NO3. The average molecular weight is 257 g/mol. The Morgan fingerprint density at radius 1 is 1.28 bits per heavy atom. The fourth-order valence-electron chi connectivity index (χ4n) is 1.45. The number of aliphatic carboxylic acids is 1. The Morgan fingerprint density at radius 2 is 1.83 bits per heavy atom. The minimum atomic E-state index is -1.07. The molecule has 4 nitrogen and oxygen atoms in total. The number of carbonyl (C=O) groups is 2. The van der Waals surface area contributed by atoms with Crippen LogP contribution in [0, 0.1) is 11.6 Å². The monoisotopic (exact) mass is 257 g/mol. The van der Waals surface area contributed by atoms with Crippen LogP contribution in [0.25, 0.3) is 0 Å². The van der Waals surface area contributed by atoms with Crippen molar-refractivity contribution in [2.45, 2.75) is 19.9 Å². The molecule has 98 valence electrons. The lowest BCUT2D eigenvalue weighted by Crippen LogP contribution is -2.31. The quantitative estimate of drug-likeness (QED) is 0.874. The summed E-state index contributed by atoms with van der Waals surface area (Å²) in [5.41, 5.74) is -0.238. The van der Waals surface area contributed by atoms with Gasteiger partial charge in [-0.1, -0.05) is 6.07 Å². The molecule has 0 bridgehead atoms. The molecule has 0 heterocycles. The van der Waals surface area contributed by atoms with E-state index in [1.54, 1.807) is 0 Å². The van der Waals surface area contributed by atoms with E-state index in [1.807, 2.05) is 0 Å². The second-order valence-electron chi connectivity index (χ2n) is 3.78. The highest BCUT2D eigenvalue weighted by molar-refractivity contribution is 5.74. The van der Waals surface area contributed by atoms with Crippen LogP contribution in [0.4, 0.5) is 8.78 Å². The number of hydrogen-bond donors (Lipinski definition) is 1. The van der Waals surface area contributed by atoms with Gasteiger partial charge in [-0.15, -0.1) is 0 Å². The van der Waals surface area contributed by atoms with Gasteiger partial charge in [-0.3, -0.25) is 9.59 Å². The maximum absolute atomic E-state index is 13.4. The Morgan fingerprint density at radius 3 is 2.28 bits per heavy atom. The first-order chi connectivity index (χ1) is 8.41. The second kappa shape index (κ2) is 6.09. The van der Waals surface area contributed by atoms with Crippen LogP contribution in [-0.2, 0) is 16.1 Å². The largest absolute Gasteiger partial charge is 0.481 e. The van der Waals surface area contributed by atoms with E-state index >= 15 is 0 Å². The molecule has 0 saturated heterocycles. The number of rotatable bonds is 5. The molecule has 1 aromatic carbocycles. The number of carbonyl (C=O) groups excluding carboxylic acids is 1. The molecule has 18 heavy (non-hydrogen) atoms. The van der Waals surface area contributed by atoms with Crippen molar-refractivity contribution in [2.24, 2.45) is 0 Å². The van der Waals surface area contributed by atoms with Gasteiger partial charge in [0.1, 0.15) is 11.6 Å². The van der Waals surface area contributed by atoms with Crippen molar-refractivity contribution in [1.82, 2.24) is 4.90 Å². The maximum Gasteiger partial charge on any atom is 0.305 e. The number of amides is 1. The third-order valence-electron chi connectivity index (χ3n) is 2.45. The highest BCUT2D eigenvalue weighted by Gasteiger charge is 2.16. The van der Waals surface area contributed by atoms with E-state index in [0.29, 0.717) is 0 Å². The van der Waals surface area contributed by atoms with Gasteiger partial charge < -0.3 is 10.0 Å². The fourth-order valence-corrected chi connectivity index (χ4v) is 1.45. The topological polar surface area (TPSA) is 57.6 Å². The zero-order valence-corrected chi connectivity index (χ0v) is 9.82. The average Bonchev–Trinajstić information content (AvgIpc) is 2.26. The molecule has 0 aliphatic carbocycles. The molecule has 0 unspecified atom stereocenters. The molecular weight excluding hydrogens is 244 g/mol. The van der Waals surface area contributed by atoms with Crippen LogP contribution in [0.3, 0.4) is 0 Å². The van der Waals surface area contributed by atoms with Gasteiger partial charge in [0.05, 0.1) is 13.0 Å². The zero-order valence-electron chi connectivity index (χ0n) is 9.82. The van der Waals surface area contributed by atoms with Gasteiger partial charge in [0.2, 0.25) is 5.91 Å². The van der Waals surface area contributed by atoms with Gasteiger partial charge in [0, 0.05) is 19.0 Å². The lowest BCUT2D eigenvalue weighted by molar-refractivity contribution is -0.138. The molecule has 1 aromatic rings. The minimum Gasteiger partial charge on any atom is -0.481 e. The lowest BCUT2D eigenvalue weighted by atomic mass is 10.1. The highest BCUT2D eigenvalue weighted by atomic mass is 19.1. The van der Waals surface area contributed by atoms with Gasteiger partial charge in [-0.25, -0.2) is 8.78 Å². The number of hydrogen-bond acceptors (Lipinski definition) is 2. The second-order valence-corrected chi connectivity index (χ2v) is 3.78. The molecule has 1 rings (SSSR count). The molecule has 1 amide bonds. The third-order valence-corrected chi connectivity index (χ3v) is 2.45. The summed E-state index contributed by atoms with van der Waals surface area (Å²) >= 11 is 0. The van der Waals surface area contributed by atoms with Crippen LogP contribution >= 0.6 is 0 Å². The molecule has 1 N–H and O–H groups in total. The van der Waals surface area contributed by atoms with Crippen molar-refractivity contribution in [3.8, 4) is 0 Å². The van der Waals surface area contributed by atoms with Crippen molar-refractivity contribution >= 4 is 11.9 Å². The summed E-state index contributed by atoms with van der Waals surface area (Å²) in [6.07, 6.45) is -0.268. The van der Waals surface area contributed by atoms with Gasteiger partial charge in [-0.05, 0) is 12.1 Å². The molecule has 0 aliphatic rings. The summed E-state index contributed by atoms with van der Waals surface area (Å²) in [5, 5.41) is 8.53. The molecule has 0 radical (unpaired) electrons.